The quantitative estimate of drug-likeness (QED) is 0.790. The molecule has 0 N–H and O–H groups in total. The summed E-state index contributed by atoms with van der Waals surface area (Å²) >= 11 is 11.2. The molecule has 3 nitrogen and oxygen atoms in total. The zero-order valence-corrected chi connectivity index (χ0v) is 9.77. The monoisotopic (exact) mass is 268 g/mol. The lowest BCUT2D eigenvalue weighted by molar-refractivity contribution is 0.0620. The second kappa shape index (κ2) is 5.41. The van der Waals surface area contributed by atoms with Crippen molar-refractivity contribution in [1.82, 2.24) is 9.88 Å². The van der Waals surface area contributed by atoms with Crippen molar-refractivity contribution in [3.05, 3.63) is 28.0 Å². The summed E-state index contributed by atoms with van der Waals surface area (Å²) in [6, 6.07) is 1.29. The molecule has 0 spiro atoms. The maximum atomic E-state index is 12.0. The number of halogens is 4. The van der Waals surface area contributed by atoms with E-state index in [2.05, 4.69) is 4.98 Å². The van der Waals surface area contributed by atoms with Gasteiger partial charge in [-0.3, -0.25) is 4.79 Å². The highest BCUT2D eigenvalue weighted by Crippen LogP contribution is 2.20. The number of hydrogen-bond donors (Lipinski definition) is 0. The Balaban J connectivity index is 2.84. The van der Waals surface area contributed by atoms with Crippen LogP contribution in [0.25, 0.3) is 0 Å². The van der Waals surface area contributed by atoms with Gasteiger partial charge < -0.3 is 4.90 Å². The van der Waals surface area contributed by atoms with Crippen molar-refractivity contribution in [3.63, 3.8) is 0 Å². The zero-order valence-electron chi connectivity index (χ0n) is 8.25. The van der Waals surface area contributed by atoms with Crippen LogP contribution in [0.5, 0.6) is 0 Å². The van der Waals surface area contributed by atoms with E-state index in [1.807, 2.05) is 0 Å². The van der Waals surface area contributed by atoms with Crippen molar-refractivity contribution >= 4 is 29.1 Å². The van der Waals surface area contributed by atoms with Crippen molar-refractivity contribution < 1.29 is 13.6 Å². The van der Waals surface area contributed by atoms with Crippen molar-refractivity contribution in [2.75, 3.05) is 13.6 Å². The number of rotatable bonds is 3. The van der Waals surface area contributed by atoms with E-state index in [9.17, 15) is 13.6 Å². The maximum Gasteiger partial charge on any atom is 0.255 e. The number of alkyl halides is 2. The molecule has 0 aromatic carbocycles. The highest BCUT2D eigenvalue weighted by molar-refractivity contribution is 6.41. The van der Waals surface area contributed by atoms with Gasteiger partial charge in [-0.1, -0.05) is 23.2 Å². The van der Waals surface area contributed by atoms with E-state index in [0.29, 0.717) is 0 Å². The topological polar surface area (TPSA) is 33.2 Å². The molecule has 16 heavy (non-hydrogen) atoms. The van der Waals surface area contributed by atoms with Gasteiger partial charge in [0.1, 0.15) is 5.15 Å². The molecule has 1 heterocycles. The predicted octanol–water partition coefficient (Wildman–Crippen LogP) is 2.73. The highest BCUT2D eigenvalue weighted by atomic mass is 35.5. The number of amides is 1. The Bertz CT molecular complexity index is 401. The molecule has 0 bridgehead atoms. The lowest BCUT2D eigenvalue weighted by Gasteiger charge is -2.16. The van der Waals surface area contributed by atoms with Crippen molar-refractivity contribution in [2.24, 2.45) is 0 Å². The predicted molar refractivity (Wildman–Crippen MR) is 57.2 cm³/mol. The minimum atomic E-state index is -2.58. The van der Waals surface area contributed by atoms with Gasteiger partial charge in [0.25, 0.3) is 12.3 Å². The lowest BCUT2D eigenvalue weighted by Crippen LogP contribution is -2.31. The van der Waals surface area contributed by atoms with Gasteiger partial charge in [0.2, 0.25) is 0 Å². The minimum absolute atomic E-state index is 0.0646. The van der Waals surface area contributed by atoms with Crippen LogP contribution in [0.3, 0.4) is 0 Å². The fourth-order valence-corrected chi connectivity index (χ4v) is 1.32. The second-order valence-corrected chi connectivity index (χ2v) is 3.84. The summed E-state index contributed by atoms with van der Waals surface area (Å²) < 4.78 is 24.1. The largest absolute Gasteiger partial charge is 0.336 e. The normalized spacial score (nSPS) is 10.6. The first-order valence-corrected chi connectivity index (χ1v) is 5.02. The molecule has 0 radical (unpaired) electrons. The summed E-state index contributed by atoms with van der Waals surface area (Å²) in [6.45, 7) is -0.640. The molecule has 1 aromatic rings. The summed E-state index contributed by atoms with van der Waals surface area (Å²) in [5, 5.41) is 0.174. The number of carbonyl (C=O) groups is 1. The number of nitrogens with zero attached hydrogens (tertiary/aromatic N) is 2. The van der Waals surface area contributed by atoms with E-state index in [-0.39, 0.29) is 15.7 Å². The zero-order chi connectivity index (χ0) is 12.3. The van der Waals surface area contributed by atoms with Crippen LogP contribution in [0, 0.1) is 0 Å². The maximum absolute atomic E-state index is 12.0. The highest BCUT2D eigenvalue weighted by Gasteiger charge is 2.17. The SMILES string of the molecule is CN(CC(F)F)C(=O)c1cnc(Cl)c(Cl)c1. The van der Waals surface area contributed by atoms with E-state index in [0.717, 1.165) is 4.90 Å². The van der Waals surface area contributed by atoms with Crippen LogP contribution >= 0.6 is 23.2 Å². The van der Waals surface area contributed by atoms with Crippen molar-refractivity contribution in [3.8, 4) is 0 Å². The summed E-state index contributed by atoms with van der Waals surface area (Å²) in [5.41, 5.74) is 0.123. The number of carbonyl (C=O) groups excluding carboxylic acids is 1. The van der Waals surface area contributed by atoms with Crippen LogP contribution in [0.4, 0.5) is 8.78 Å². The van der Waals surface area contributed by atoms with Crippen molar-refractivity contribution in [2.45, 2.75) is 6.43 Å². The van der Waals surface area contributed by atoms with Gasteiger partial charge in [-0.25, -0.2) is 13.8 Å². The van der Waals surface area contributed by atoms with Crippen LogP contribution in [-0.2, 0) is 0 Å². The fourth-order valence-electron chi connectivity index (χ4n) is 1.05. The Kier molecular flexibility index (Phi) is 4.44. The summed E-state index contributed by atoms with van der Waals surface area (Å²) in [4.78, 5) is 16.1. The molecule has 0 aliphatic carbocycles. The molecule has 88 valence electrons. The Hall–Kier alpha value is -0.940. The summed E-state index contributed by atoms with van der Waals surface area (Å²) in [6.07, 6.45) is -1.39. The van der Waals surface area contributed by atoms with Crippen LogP contribution in [0.1, 0.15) is 10.4 Å². The van der Waals surface area contributed by atoms with Gasteiger partial charge in [-0.05, 0) is 6.07 Å². The molecular formula is C9H8Cl2F2N2O. The molecule has 0 fully saturated rings. The minimum Gasteiger partial charge on any atom is -0.336 e. The third-order valence-electron chi connectivity index (χ3n) is 1.80. The molecule has 7 heteroatoms. The Morgan fingerprint density at radius 3 is 2.69 bits per heavy atom. The van der Waals surface area contributed by atoms with Crippen LogP contribution in [0.15, 0.2) is 12.3 Å². The average molecular weight is 269 g/mol. The molecule has 1 amide bonds. The first-order valence-electron chi connectivity index (χ1n) is 4.26. The molecule has 0 saturated heterocycles. The number of pyridine rings is 1. The third kappa shape index (κ3) is 3.28. The fraction of sp³-hybridized carbons (Fsp3) is 0.333. The Morgan fingerprint density at radius 1 is 1.56 bits per heavy atom. The third-order valence-corrected chi connectivity index (χ3v) is 2.49. The number of aromatic nitrogens is 1. The van der Waals surface area contributed by atoms with Gasteiger partial charge in [0.05, 0.1) is 17.1 Å². The molecule has 1 rings (SSSR count). The molecule has 1 aromatic heterocycles. The Morgan fingerprint density at radius 2 is 2.19 bits per heavy atom. The summed E-state index contributed by atoms with van der Waals surface area (Å²) in [7, 11) is 1.27. The first-order chi connectivity index (χ1) is 7.41. The van der Waals surface area contributed by atoms with Crippen LogP contribution in [0.2, 0.25) is 10.2 Å². The van der Waals surface area contributed by atoms with E-state index >= 15 is 0 Å². The van der Waals surface area contributed by atoms with E-state index in [1.165, 1.54) is 19.3 Å². The van der Waals surface area contributed by atoms with Crippen molar-refractivity contribution in [1.29, 1.82) is 0 Å². The molecule has 0 aliphatic rings. The standard InChI is InChI=1S/C9H8Cl2F2N2O/c1-15(4-7(12)13)9(16)5-2-6(10)8(11)14-3-5/h2-3,7H,4H2,1H3. The van der Waals surface area contributed by atoms with Crippen LogP contribution < -0.4 is 0 Å². The van der Waals surface area contributed by atoms with Gasteiger partial charge in [0, 0.05) is 13.2 Å². The number of hydrogen-bond acceptors (Lipinski definition) is 2. The lowest BCUT2D eigenvalue weighted by atomic mass is 10.2. The van der Waals surface area contributed by atoms with Gasteiger partial charge >= 0.3 is 0 Å². The molecule has 0 aliphatic heterocycles. The Labute approximate surface area is 101 Å². The summed E-state index contributed by atoms with van der Waals surface area (Å²) in [5.74, 6) is -0.577. The molecular weight excluding hydrogens is 261 g/mol. The van der Waals surface area contributed by atoms with Gasteiger partial charge in [0.15, 0.2) is 0 Å². The van der Waals surface area contributed by atoms with E-state index in [4.69, 9.17) is 23.2 Å². The van der Waals surface area contributed by atoms with Gasteiger partial charge in [-0.15, -0.1) is 0 Å². The van der Waals surface area contributed by atoms with Gasteiger partial charge in [-0.2, -0.15) is 0 Å². The molecule has 0 unspecified atom stereocenters. The second-order valence-electron chi connectivity index (χ2n) is 3.07. The van der Waals surface area contributed by atoms with Crippen LogP contribution in [-0.4, -0.2) is 35.8 Å². The smallest absolute Gasteiger partial charge is 0.255 e. The van der Waals surface area contributed by atoms with E-state index < -0.39 is 18.9 Å². The first kappa shape index (κ1) is 13.1. The molecule has 0 saturated carbocycles. The molecule has 0 atom stereocenters. The van der Waals surface area contributed by atoms with E-state index in [1.54, 1.807) is 0 Å². The average Bonchev–Trinajstić information content (AvgIpc) is 2.20.